The topological polar surface area (TPSA) is 21.9 Å². The second-order valence-electron chi connectivity index (χ2n) is 11.9. The van der Waals surface area contributed by atoms with Crippen LogP contribution in [0.25, 0.3) is 55.0 Å². The van der Waals surface area contributed by atoms with Crippen molar-refractivity contribution >= 4 is 55.0 Å². The summed E-state index contributed by atoms with van der Waals surface area (Å²) in [6.45, 7) is 0. The minimum absolute atomic E-state index is 0.833. The molecule has 0 radical (unpaired) electrons. The van der Waals surface area contributed by atoms with Crippen LogP contribution in [0.4, 0.5) is 11.4 Å². The average Bonchev–Trinajstić information content (AvgIpc) is 3.62. The summed E-state index contributed by atoms with van der Waals surface area (Å²) in [5.41, 5.74) is 12.0. The molecule has 0 unspecified atom stereocenters. The molecule has 0 amide bonds. The highest BCUT2D eigenvalue weighted by Gasteiger charge is 2.15. The van der Waals surface area contributed by atoms with Crippen molar-refractivity contribution in [2.45, 2.75) is 6.42 Å². The van der Waals surface area contributed by atoms with Gasteiger partial charge >= 0.3 is 0 Å². The molecule has 0 aliphatic heterocycles. The van der Waals surface area contributed by atoms with Crippen molar-refractivity contribution in [3.05, 3.63) is 181 Å². The van der Waals surface area contributed by atoms with E-state index in [1.165, 1.54) is 66.1 Å². The molecule has 46 heavy (non-hydrogen) atoms. The molecule has 2 heterocycles. The monoisotopic (exact) mass is 589 g/mol. The predicted molar refractivity (Wildman–Crippen MR) is 194 cm³/mol. The number of anilines is 2. The summed E-state index contributed by atoms with van der Waals surface area (Å²) < 4.78 is 4.72. The normalized spacial score (nSPS) is 11.6. The molecule has 3 heteroatoms. The van der Waals surface area contributed by atoms with Gasteiger partial charge in [-0.25, -0.2) is 0 Å². The van der Waals surface area contributed by atoms with Crippen molar-refractivity contribution in [3.8, 4) is 11.4 Å². The van der Waals surface area contributed by atoms with E-state index in [1.54, 1.807) is 0 Å². The van der Waals surface area contributed by atoms with E-state index in [-0.39, 0.29) is 0 Å². The summed E-state index contributed by atoms with van der Waals surface area (Å²) in [7, 11) is 0. The zero-order chi connectivity index (χ0) is 30.5. The molecule has 1 N–H and O–H groups in total. The van der Waals surface area contributed by atoms with Crippen LogP contribution >= 0.6 is 0 Å². The zero-order valence-electron chi connectivity index (χ0n) is 25.3. The second-order valence-corrected chi connectivity index (χ2v) is 11.9. The summed E-state index contributed by atoms with van der Waals surface area (Å²) >= 11 is 0. The molecule has 218 valence electrons. The number of rotatable bonds is 6. The average molecular weight is 590 g/mol. The molecule has 0 spiro atoms. The summed E-state index contributed by atoms with van der Waals surface area (Å²) in [6, 6.07) is 61.0. The lowest BCUT2D eigenvalue weighted by molar-refractivity contribution is 1.17. The van der Waals surface area contributed by atoms with Gasteiger partial charge in [-0.05, 0) is 90.3 Å². The van der Waals surface area contributed by atoms with E-state index < -0.39 is 0 Å². The van der Waals surface area contributed by atoms with E-state index in [2.05, 4.69) is 184 Å². The molecular weight excluding hydrogens is 558 g/mol. The Hall–Kier alpha value is -6.06. The number of hydrogen-bond acceptors (Lipinski definition) is 1. The molecular formula is C43H31N3. The maximum Gasteiger partial charge on any atom is 0.0542 e. The van der Waals surface area contributed by atoms with Gasteiger partial charge in [-0.3, -0.25) is 0 Å². The third-order valence-corrected chi connectivity index (χ3v) is 9.13. The number of para-hydroxylation sites is 5. The molecule has 0 atom stereocenters. The summed E-state index contributed by atoms with van der Waals surface area (Å²) in [6.07, 6.45) is 0.833. The Labute approximate surface area is 267 Å². The van der Waals surface area contributed by atoms with Crippen LogP contribution in [0.3, 0.4) is 0 Å². The Morgan fingerprint density at radius 2 is 0.891 bits per heavy atom. The maximum atomic E-state index is 3.78. The third kappa shape index (κ3) is 4.36. The molecule has 7 aromatic carbocycles. The van der Waals surface area contributed by atoms with Crippen molar-refractivity contribution in [2.75, 3.05) is 5.32 Å². The smallest absolute Gasteiger partial charge is 0.0542 e. The molecule has 3 nitrogen and oxygen atoms in total. The molecule has 0 saturated carbocycles. The van der Waals surface area contributed by atoms with Crippen LogP contribution in [0.5, 0.6) is 0 Å². The van der Waals surface area contributed by atoms with E-state index >= 15 is 0 Å². The second kappa shape index (κ2) is 10.8. The predicted octanol–water partition coefficient (Wildman–Crippen LogP) is 11.2. The first-order valence-electron chi connectivity index (χ1n) is 15.8. The van der Waals surface area contributed by atoms with E-state index in [9.17, 15) is 0 Å². The fourth-order valence-corrected chi connectivity index (χ4v) is 7.06. The Bertz CT molecular complexity index is 2340. The van der Waals surface area contributed by atoms with Gasteiger partial charge in [0, 0.05) is 44.3 Å². The summed E-state index contributed by atoms with van der Waals surface area (Å²) in [5, 5.41) is 8.82. The van der Waals surface area contributed by atoms with Gasteiger partial charge < -0.3 is 14.5 Å². The van der Waals surface area contributed by atoms with Crippen LogP contribution in [-0.4, -0.2) is 9.13 Å². The van der Waals surface area contributed by atoms with Gasteiger partial charge in [0.25, 0.3) is 0 Å². The van der Waals surface area contributed by atoms with Crippen molar-refractivity contribution < 1.29 is 0 Å². The first kappa shape index (κ1) is 26.4. The highest BCUT2D eigenvalue weighted by Crippen LogP contribution is 2.36. The minimum Gasteiger partial charge on any atom is -0.355 e. The Balaban J connectivity index is 1.09. The van der Waals surface area contributed by atoms with E-state index in [4.69, 9.17) is 0 Å². The van der Waals surface area contributed by atoms with Crippen LogP contribution < -0.4 is 5.32 Å². The van der Waals surface area contributed by atoms with Gasteiger partial charge in [-0.1, -0.05) is 97.1 Å². The fourth-order valence-electron chi connectivity index (χ4n) is 7.06. The largest absolute Gasteiger partial charge is 0.355 e. The highest BCUT2D eigenvalue weighted by atomic mass is 15.0. The standard InChI is InChI=1S/C43H31N3/c1-3-14-33(15-4-1)45-40-21-11-8-18-35(40)37-28-30(23-25-42(37)45)27-31-13-7-10-20-39(31)44-32-24-26-43-38(29-32)36-19-9-12-22-41(36)46(43)34-16-5-2-6-17-34/h1-26,28-29,44H,27H2. The Morgan fingerprint density at radius 1 is 0.391 bits per heavy atom. The van der Waals surface area contributed by atoms with Crippen LogP contribution in [0.15, 0.2) is 170 Å². The number of aromatic nitrogens is 2. The zero-order valence-corrected chi connectivity index (χ0v) is 25.3. The molecule has 9 aromatic rings. The van der Waals surface area contributed by atoms with Crippen LogP contribution in [0, 0.1) is 0 Å². The fraction of sp³-hybridized carbons (Fsp3) is 0.0233. The van der Waals surface area contributed by atoms with Gasteiger partial charge in [0.05, 0.1) is 22.1 Å². The van der Waals surface area contributed by atoms with Crippen molar-refractivity contribution in [1.82, 2.24) is 9.13 Å². The first-order valence-corrected chi connectivity index (χ1v) is 15.8. The minimum atomic E-state index is 0.833. The number of benzene rings is 7. The van der Waals surface area contributed by atoms with Gasteiger partial charge in [0.15, 0.2) is 0 Å². The van der Waals surface area contributed by atoms with Crippen LogP contribution in [0.1, 0.15) is 11.1 Å². The van der Waals surface area contributed by atoms with Crippen molar-refractivity contribution in [2.24, 2.45) is 0 Å². The van der Waals surface area contributed by atoms with E-state index in [0.717, 1.165) is 17.8 Å². The number of hydrogen-bond donors (Lipinski definition) is 1. The van der Waals surface area contributed by atoms with E-state index in [0.29, 0.717) is 0 Å². The lowest BCUT2D eigenvalue weighted by Gasteiger charge is -2.13. The quantitative estimate of drug-likeness (QED) is 0.205. The molecule has 9 rings (SSSR count). The molecule has 0 aliphatic carbocycles. The van der Waals surface area contributed by atoms with E-state index in [1.807, 2.05) is 0 Å². The maximum absolute atomic E-state index is 3.78. The third-order valence-electron chi connectivity index (χ3n) is 9.13. The molecule has 0 saturated heterocycles. The van der Waals surface area contributed by atoms with Crippen molar-refractivity contribution in [3.63, 3.8) is 0 Å². The lowest BCUT2D eigenvalue weighted by atomic mass is 10.0. The first-order chi connectivity index (χ1) is 22.8. The van der Waals surface area contributed by atoms with Crippen LogP contribution in [-0.2, 0) is 6.42 Å². The van der Waals surface area contributed by atoms with Gasteiger partial charge in [0.1, 0.15) is 0 Å². The molecule has 0 aliphatic rings. The summed E-state index contributed by atoms with van der Waals surface area (Å²) in [4.78, 5) is 0. The van der Waals surface area contributed by atoms with Crippen molar-refractivity contribution in [1.29, 1.82) is 0 Å². The van der Waals surface area contributed by atoms with Crippen LogP contribution in [0.2, 0.25) is 0 Å². The SMILES string of the molecule is c1ccc(-n2c3ccccc3c3cc(Cc4ccccc4Nc4ccc5c(c4)c4ccccc4n5-c4ccccc4)ccc32)cc1. The van der Waals surface area contributed by atoms with Gasteiger partial charge in [-0.2, -0.15) is 0 Å². The Morgan fingerprint density at radius 3 is 1.54 bits per heavy atom. The molecule has 0 bridgehead atoms. The lowest BCUT2D eigenvalue weighted by Crippen LogP contribution is -1.98. The summed E-state index contributed by atoms with van der Waals surface area (Å²) in [5.74, 6) is 0. The number of nitrogens with zero attached hydrogens (tertiary/aromatic N) is 2. The van der Waals surface area contributed by atoms with Gasteiger partial charge in [0.2, 0.25) is 0 Å². The molecule has 0 fully saturated rings. The number of fused-ring (bicyclic) bond motifs is 6. The highest BCUT2D eigenvalue weighted by molar-refractivity contribution is 6.11. The van der Waals surface area contributed by atoms with Gasteiger partial charge in [-0.15, -0.1) is 0 Å². The number of nitrogens with one attached hydrogen (secondary N) is 1. The molecule has 2 aromatic heterocycles. The Kier molecular flexibility index (Phi) is 6.20.